The normalized spacial score (nSPS) is 12.4. The fourth-order valence-electron chi connectivity index (χ4n) is 10.4. The second-order valence-electron chi connectivity index (χ2n) is 23.6. The fourth-order valence-corrected chi connectivity index (χ4v) is 13.7. The van der Waals surface area contributed by atoms with Gasteiger partial charge in [-0.2, -0.15) is 0 Å². The third-order valence-electron chi connectivity index (χ3n) is 15.7. The summed E-state index contributed by atoms with van der Waals surface area (Å²) in [7, 11) is 0. The molecule has 0 bridgehead atoms. The maximum atomic E-state index is 6.83. The number of allylic oxidation sites excluding steroid dienone is 8. The standard InChI is InChI=1S/4C18H35O.Ti/c4*1-2-3-4-5-6-7-8-9-10-11-12-13-14-15-16-17-18-19;/h4*9-10H,2-8,11-18H2,1H3;/q4*-1;+4/b4*10-9-;. The van der Waals surface area contributed by atoms with E-state index in [9.17, 15) is 0 Å². The van der Waals surface area contributed by atoms with Crippen molar-refractivity contribution in [2.75, 3.05) is 26.4 Å². The van der Waals surface area contributed by atoms with Gasteiger partial charge in [-0.05, 0) is 25.7 Å². The Kier molecular flexibility index (Phi) is 69.3. The maximum absolute atomic E-state index is 6.83. The van der Waals surface area contributed by atoms with Crippen molar-refractivity contribution in [2.45, 2.75) is 387 Å². The zero-order chi connectivity index (χ0) is 55.4. The third kappa shape index (κ3) is 64.5. The monoisotopic (exact) mass is 1120 g/mol. The first-order valence-electron chi connectivity index (χ1n) is 35.4. The Labute approximate surface area is 490 Å². The molecule has 0 unspecified atom stereocenters. The van der Waals surface area contributed by atoms with Crippen LogP contribution >= 0.6 is 0 Å². The minimum atomic E-state index is -3.92. The molecule has 5 heteroatoms. The van der Waals surface area contributed by atoms with Gasteiger partial charge in [0.15, 0.2) is 0 Å². The van der Waals surface area contributed by atoms with Crippen molar-refractivity contribution >= 4 is 0 Å². The zero-order valence-corrected chi connectivity index (χ0v) is 54.7. The van der Waals surface area contributed by atoms with E-state index in [1.807, 2.05) is 0 Å². The van der Waals surface area contributed by atoms with Crippen molar-refractivity contribution in [3.63, 3.8) is 0 Å². The molecule has 0 aliphatic carbocycles. The van der Waals surface area contributed by atoms with Crippen molar-refractivity contribution < 1.29 is 31.4 Å². The molecule has 456 valence electrons. The van der Waals surface area contributed by atoms with Gasteiger partial charge < -0.3 is 0 Å². The molecule has 77 heavy (non-hydrogen) atoms. The Hall–Kier alpha value is -0.486. The summed E-state index contributed by atoms with van der Waals surface area (Å²) in [4.78, 5) is 0. The molecule has 0 atom stereocenters. The average molecular weight is 1120 g/mol. The smallest absolute Gasteiger partial charge is 0.0654 e. The Balaban J connectivity index is 5.09. The van der Waals surface area contributed by atoms with Crippen molar-refractivity contribution in [3.8, 4) is 0 Å². The van der Waals surface area contributed by atoms with Crippen molar-refractivity contribution in [1.82, 2.24) is 0 Å². The van der Waals surface area contributed by atoms with Gasteiger partial charge in [0.2, 0.25) is 0 Å². The molecular formula is C72H140O4Ti. The molecule has 0 saturated heterocycles. The van der Waals surface area contributed by atoms with Gasteiger partial charge in [0.25, 0.3) is 0 Å². The first-order chi connectivity index (χ1) is 38.2. The zero-order valence-electron chi connectivity index (χ0n) is 53.2. The first-order valence-corrected chi connectivity index (χ1v) is 37.9. The van der Waals surface area contributed by atoms with E-state index in [4.69, 9.17) is 13.3 Å². The Morgan fingerprint density at radius 2 is 0.299 bits per heavy atom. The van der Waals surface area contributed by atoms with E-state index >= 15 is 0 Å². The van der Waals surface area contributed by atoms with Crippen molar-refractivity contribution in [2.24, 2.45) is 0 Å². The molecule has 0 radical (unpaired) electrons. The van der Waals surface area contributed by atoms with Gasteiger partial charge >= 0.3 is 312 Å². The molecule has 0 heterocycles. The molecule has 0 aromatic carbocycles. The summed E-state index contributed by atoms with van der Waals surface area (Å²) in [6.07, 6.45) is 93.1. The molecule has 0 fully saturated rings. The molecule has 4 nitrogen and oxygen atoms in total. The van der Waals surface area contributed by atoms with E-state index in [0.29, 0.717) is 26.4 Å². The van der Waals surface area contributed by atoms with E-state index in [-0.39, 0.29) is 0 Å². The predicted molar refractivity (Wildman–Crippen MR) is 342 cm³/mol. The fraction of sp³-hybridized carbons (Fsp3) is 0.889. The van der Waals surface area contributed by atoms with E-state index in [0.717, 1.165) is 25.7 Å². The van der Waals surface area contributed by atoms with Gasteiger partial charge in [-0.25, -0.2) is 0 Å². The molecule has 0 aliphatic heterocycles. The number of hydrogen-bond acceptors (Lipinski definition) is 4. The number of hydrogen-bond donors (Lipinski definition) is 0. The van der Waals surface area contributed by atoms with E-state index in [1.54, 1.807) is 0 Å². The van der Waals surface area contributed by atoms with Crippen molar-refractivity contribution in [3.05, 3.63) is 48.6 Å². The van der Waals surface area contributed by atoms with Gasteiger partial charge in [0.1, 0.15) is 0 Å². The van der Waals surface area contributed by atoms with Gasteiger partial charge in [-0.3, -0.25) is 0 Å². The molecule has 0 aliphatic rings. The van der Waals surface area contributed by atoms with Crippen LogP contribution in [0.1, 0.15) is 387 Å². The topological polar surface area (TPSA) is 36.9 Å². The van der Waals surface area contributed by atoms with Crippen LogP contribution in [-0.2, 0) is 31.4 Å². The summed E-state index contributed by atoms with van der Waals surface area (Å²) in [5.74, 6) is 0. The number of unbranched alkanes of at least 4 members (excludes halogenated alkanes) is 48. The molecule has 0 N–H and O–H groups in total. The first kappa shape index (κ1) is 76.5. The SMILES string of the molecule is CCCCCCCC/C=C\CCCCCCCC[O][Ti]([O]CCCCCCCC/C=C\CCCCCCCC)([O]CCCCCCCC/C=C\CCCCCCCC)[O]CCCCCCCC/C=C\CCCCCCCC. The Bertz CT molecular complexity index is 999. The molecule has 0 aromatic rings. The van der Waals surface area contributed by atoms with Crippen LogP contribution in [0.2, 0.25) is 0 Å². The average Bonchev–Trinajstić information content (AvgIpc) is 3.44. The minimum absolute atomic E-state index is 0.704. The van der Waals surface area contributed by atoms with Gasteiger partial charge in [-0.1, -0.05) is 156 Å². The van der Waals surface area contributed by atoms with E-state index in [2.05, 4.69) is 76.3 Å². The summed E-state index contributed by atoms with van der Waals surface area (Å²) < 4.78 is 27.3. The van der Waals surface area contributed by atoms with Crippen LogP contribution < -0.4 is 0 Å². The molecule has 0 aromatic heterocycles. The van der Waals surface area contributed by atoms with Gasteiger partial charge in [-0.15, -0.1) is 0 Å². The summed E-state index contributed by atoms with van der Waals surface area (Å²) in [5, 5.41) is 0. The van der Waals surface area contributed by atoms with Crippen LogP contribution in [0.3, 0.4) is 0 Å². The van der Waals surface area contributed by atoms with Crippen LogP contribution in [0.25, 0.3) is 0 Å². The summed E-state index contributed by atoms with van der Waals surface area (Å²) in [5.41, 5.74) is 0. The van der Waals surface area contributed by atoms with Crippen LogP contribution in [0.15, 0.2) is 48.6 Å². The third-order valence-corrected chi connectivity index (χ3v) is 19.2. The van der Waals surface area contributed by atoms with Crippen LogP contribution in [-0.4, -0.2) is 26.4 Å². The second kappa shape index (κ2) is 69.8. The summed E-state index contributed by atoms with van der Waals surface area (Å²) in [6, 6.07) is 0. The molecular weight excluding hydrogens is 977 g/mol. The van der Waals surface area contributed by atoms with Crippen LogP contribution in [0.5, 0.6) is 0 Å². The van der Waals surface area contributed by atoms with E-state index < -0.39 is 18.1 Å². The predicted octanol–water partition coefficient (Wildman–Crippen LogP) is 26.0. The Morgan fingerprint density at radius 3 is 0.455 bits per heavy atom. The van der Waals surface area contributed by atoms with Gasteiger partial charge in [0, 0.05) is 0 Å². The molecule has 0 rings (SSSR count). The minimum Gasteiger partial charge on any atom is -0.0654 e. The van der Waals surface area contributed by atoms with E-state index in [1.165, 1.54) is 334 Å². The molecule has 0 saturated carbocycles. The molecule has 0 spiro atoms. The summed E-state index contributed by atoms with van der Waals surface area (Å²) >= 11 is -3.92. The van der Waals surface area contributed by atoms with Crippen LogP contribution in [0, 0.1) is 0 Å². The summed E-state index contributed by atoms with van der Waals surface area (Å²) in [6.45, 7) is 12.0. The van der Waals surface area contributed by atoms with Crippen LogP contribution in [0.4, 0.5) is 0 Å². The molecule has 0 amide bonds. The second-order valence-corrected chi connectivity index (χ2v) is 27.0. The number of rotatable bonds is 68. The van der Waals surface area contributed by atoms with Gasteiger partial charge in [0.05, 0.1) is 0 Å². The Morgan fingerprint density at radius 1 is 0.169 bits per heavy atom. The van der Waals surface area contributed by atoms with Crippen molar-refractivity contribution in [1.29, 1.82) is 0 Å². The quantitative estimate of drug-likeness (QED) is 0.0346.